The van der Waals surface area contributed by atoms with Crippen LogP contribution >= 0.6 is 0 Å². The van der Waals surface area contributed by atoms with E-state index in [1.807, 2.05) is 0 Å². The first-order valence-electron chi connectivity index (χ1n) is 35.6. The van der Waals surface area contributed by atoms with Gasteiger partial charge in [0.1, 0.15) is 17.3 Å². The number of carbonyl (C=O) groups excluding carboxylic acids is 3. The molecular weight excluding hydrogens is 1070 g/mol. The lowest BCUT2D eigenvalue weighted by molar-refractivity contribution is -0.870. The standard InChI is InChI=1S/C25H48NO.C25H46NO.C23H44NO.CH4O4S/c2*1-26(2,3)23-17-16-22-25(27)21-13-11-9-7-5-4-6-8-10-12-18-24-19-14-15-20-24;1-24(2,3)21-15-14-20-23(25)19-11-9-7-5-4-6-8-10-16-22-17-12-13-18-22;1-5-6(2,3)4/h14,19,24H,4-13,15-18,20-23H2,1-3H3;5,7,14,19,24H,4,6,8-13,15-18,20-23H2,1-3H3;12,17,22H,4-11,13-16,18-21H2,1-3H3;1H3,(H,2,3,4)/q3*+1;/p-1/b;7-5+;;/t2*24-;22-;/m000./s1. The summed E-state index contributed by atoms with van der Waals surface area (Å²) >= 11 is 0. The number of Topliss-reactive ketones (excluding diaryl/α,β-unsaturated/α-hetero) is 3. The quantitative estimate of drug-likeness (QED) is 0.0196. The van der Waals surface area contributed by atoms with Gasteiger partial charge in [-0.3, -0.25) is 18.6 Å². The minimum atomic E-state index is -4.41. The molecule has 0 aromatic rings. The molecule has 3 aliphatic carbocycles. The molecule has 0 fully saturated rings. The van der Waals surface area contributed by atoms with Crippen LogP contribution in [0.2, 0.25) is 0 Å². The zero-order valence-corrected chi connectivity index (χ0v) is 58.6. The van der Waals surface area contributed by atoms with Crippen LogP contribution in [0, 0.1) is 17.8 Å². The highest BCUT2D eigenvalue weighted by Crippen LogP contribution is 2.26. The van der Waals surface area contributed by atoms with E-state index < -0.39 is 10.4 Å². The first kappa shape index (κ1) is 82.7. The molecule has 3 aliphatic rings. The van der Waals surface area contributed by atoms with Crippen molar-refractivity contribution in [3.63, 3.8) is 0 Å². The summed E-state index contributed by atoms with van der Waals surface area (Å²) in [6, 6.07) is 0. The molecule has 10 nitrogen and oxygen atoms in total. The van der Waals surface area contributed by atoms with Gasteiger partial charge in [-0.15, -0.1) is 0 Å². The number of rotatable bonds is 52. The number of carbonyl (C=O) groups is 3. The van der Waals surface area contributed by atoms with Crippen LogP contribution in [0.3, 0.4) is 0 Å². The Bertz CT molecular complexity index is 1820. The Balaban J connectivity index is 0.00000119. The Labute approximate surface area is 528 Å². The van der Waals surface area contributed by atoms with Crippen LogP contribution in [0.15, 0.2) is 48.6 Å². The molecular formula is C74H141N3O7S+2. The fourth-order valence-electron chi connectivity index (χ4n) is 11.7. The summed E-state index contributed by atoms with van der Waals surface area (Å²) in [7, 11) is 16.3. The summed E-state index contributed by atoms with van der Waals surface area (Å²) in [5.74, 6) is 4.13. The van der Waals surface area contributed by atoms with E-state index in [4.69, 9.17) is 0 Å². The van der Waals surface area contributed by atoms with Gasteiger partial charge < -0.3 is 18.0 Å². The van der Waals surface area contributed by atoms with Crippen molar-refractivity contribution in [1.29, 1.82) is 0 Å². The van der Waals surface area contributed by atoms with E-state index in [-0.39, 0.29) is 0 Å². The fourth-order valence-corrected chi connectivity index (χ4v) is 11.7. The molecule has 0 aliphatic heterocycles. The van der Waals surface area contributed by atoms with Gasteiger partial charge in [0.25, 0.3) is 0 Å². The average Bonchev–Trinajstić information content (AvgIpc) is 4.30. The van der Waals surface area contributed by atoms with E-state index >= 15 is 0 Å². The lowest BCUT2D eigenvalue weighted by Gasteiger charge is -2.23. The largest absolute Gasteiger partial charge is 0.726 e. The summed E-state index contributed by atoms with van der Waals surface area (Å²) in [6.45, 7) is 3.51. The molecule has 0 heterocycles. The van der Waals surface area contributed by atoms with E-state index in [0.29, 0.717) is 17.3 Å². The number of hydrogen-bond donors (Lipinski definition) is 0. The smallest absolute Gasteiger partial charge is 0.217 e. The minimum Gasteiger partial charge on any atom is -0.726 e. The van der Waals surface area contributed by atoms with Crippen molar-refractivity contribution < 1.29 is 45.0 Å². The van der Waals surface area contributed by atoms with Crippen LogP contribution in [0.4, 0.5) is 0 Å². The highest BCUT2D eigenvalue weighted by molar-refractivity contribution is 7.80. The van der Waals surface area contributed by atoms with Crippen molar-refractivity contribution in [3.8, 4) is 0 Å². The maximum Gasteiger partial charge on any atom is 0.217 e. The van der Waals surface area contributed by atoms with Gasteiger partial charge >= 0.3 is 0 Å². The van der Waals surface area contributed by atoms with Crippen molar-refractivity contribution in [2.24, 2.45) is 17.8 Å². The third-order valence-electron chi connectivity index (χ3n) is 17.1. The molecule has 85 heavy (non-hydrogen) atoms. The summed E-state index contributed by atoms with van der Waals surface area (Å²) in [5.41, 5.74) is 0. The highest BCUT2D eigenvalue weighted by Gasteiger charge is 2.13. The van der Waals surface area contributed by atoms with Crippen molar-refractivity contribution >= 4 is 27.7 Å². The van der Waals surface area contributed by atoms with Crippen LogP contribution in [0.5, 0.6) is 0 Å². The molecule has 0 spiro atoms. The normalized spacial score (nSPS) is 16.8. The SMILES string of the molecule is COS(=O)(=O)[O-].C[N+](C)(C)CCCCC(=O)CCCC/C=C/CCCCCC[C@H]1C=CCC1.C[N+](C)(C)CCCCC(=O)CCCCCCCCCCCC[C@H]1C=CCC1.C[N+](C)(C)CCCCC(=O)CCCCCCCCCC[C@H]1C=CCC1. The van der Waals surface area contributed by atoms with Crippen LogP contribution in [0.25, 0.3) is 0 Å². The van der Waals surface area contributed by atoms with E-state index in [1.165, 1.54) is 219 Å². The monoisotopic (exact) mass is 1220 g/mol. The fraction of sp³-hybridized carbons (Fsp3) is 0.851. The molecule has 11 heteroatoms. The average molecular weight is 1220 g/mol. The van der Waals surface area contributed by atoms with Crippen LogP contribution in [-0.2, 0) is 29.0 Å². The third kappa shape index (κ3) is 66.0. The second-order valence-corrected chi connectivity index (χ2v) is 30.2. The van der Waals surface area contributed by atoms with Gasteiger partial charge in [-0.1, -0.05) is 171 Å². The number of nitrogens with zero attached hydrogens (tertiary/aromatic N) is 3. The minimum absolute atomic E-state index is 0.466. The highest BCUT2D eigenvalue weighted by atomic mass is 32.3. The molecule has 0 N–H and O–H groups in total. The summed E-state index contributed by atoms with van der Waals surface area (Å²) in [5, 5.41) is 0. The summed E-state index contributed by atoms with van der Waals surface area (Å²) in [6.07, 6.45) is 77.2. The van der Waals surface area contributed by atoms with Crippen molar-refractivity contribution in [2.75, 3.05) is 90.2 Å². The first-order chi connectivity index (χ1) is 40.5. The molecule has 0 radical (unpaired) electrons. The Morgan fingerprint density at radius 3 is 0.824 bits per heavy atom. The zero-order valence-electron chi connectivity index (χ0n) is 57.8. The topological polar surface area (TPSA) is 118 Å². The molecule has 0 bridgehead atoms. The Hall–Kier alpha value is -2.28. The van der Waals surface area contributed by atoms with Crippen molar-refractivity contribution in [1.82, 2.24) is 0 Å². The second-order valence-electron chi connectivity index (χ2n) is 29.1. The maximum absolute atomic E-state index is 11.9. The number of ketones is 3. The van der Waals surface area contributed by atoms with Crippen molar-refractivity contribution in [3.05, 3.63) is 48.6 Å². The maximum atomic E-state index is 11.9. The third-order valence-corrected chi connectivity index (χ3v) is 17.6. The molecule has 3 rings (SSSR count). The van der Waals surface area contributed by atoms with Gasteiger partial charge in [0.15, 0.2) is 0 Å². The van der Waals surface area contributed by atoms with Crippen molar-refractivity contribution in [2.45, 2.75) is 302 Å². The lowest BCUT2D eigenvalue weighted by atomic mass is 9.99. The van der Waals surface area contributed by atoms with E-state index in [9.17, 15) is 27.4 Å². The van der Waals surface area contributed by atoms with Crippen LogP contribution < -0.4 is 0 Å². The van der Waals surface area contributed by atoms with Gasteiger partial charge in [-0.05, 0) is 159 Å². The Kier molecular flexibility index (Phi) is 53.2. The summed E-state index contributed by atoms with van der Waals surface area (Å²) < 4.78 is 34.0. The molecule has 0 aromatic heterocycles. The molecule has 0 amide bonds. The lowest BCUT2D eigenvalue weighted by Crippen LogP contribution is -2.35. The summed E-state index contributed by atoms with van der Waals surface area (Å²) in [4.78, 5) is 35.7. The second kappa shape index (κ2) is 54.6. The van der Waals surface area contributed by atoms with Gasteiger partial charge in [0, 0.05) is 38.5 Å². The number of quaternary nitrogens is 3. The van der Waals surface area contributed by atoms with E-state index in [1.54, 1.807) is 0 Å². The Morgan fingerprint density at radius 1 is 0.376 bits per heavy atom. The number of unbranched alkanes of at least 4 members (excludes halogenated alkanes) is 25. The number of allylic oxidation sites excluding steroid dienone is 8. The van der Waals surface area contributed by atoms with E-state index in [0.717, 1.165) is 141 Å². The molecule has 0 aromatic carbocycles. The molecule has 3 atom stereocenters. The van der Waals surface area contributed by atoms with Crippen LogP contribution in [0.1, 0.15) is 302 Å². The van der Waals surface area contributed by atoms with E-state index in [2.05, 4.69) is 116 Å². The molecule has 498 valence electrons. The zero-order chi connectivity index (χ0) is 63.2. The molecule has 0 unspecified atom stereocenters. The predicted octanol–water partition coefficient (Wildman–Crippen LogP) is 19.3. The van der Waals surface area contributed by atoms with Gasteiger partial charge in [0.05, 0.1) is 90.2 Å². The Morgan fingerprint density at radius 2 is 0.588 bits per heavy atom. The molecule has 0 saturated heterocycles. The van der Waals surface area contributed by atoms with Gasteiger partial charge in [0.2, 0.25) is 10.4 Å². The van der Waals surface area contributed by atoms with Gasteiger partial charge in [-0.2, -0.15) is 0 Å². The first-order valence-corrected chi connectivity index (χ1v) is 36.9. The predicted molar refractivity (Wildman–Crippen MR) is 364 cm³/mol. The molecule has 0 saturated carbocycles. The van der Waals surface area contributed by atoms with Gasteiger partial charge in [-0.25, -0.2) is 8.42 Å². The number of hydrogen-bond acceptors (Lipinski definition) is 7. The van der Waals surface area contributed by atoms with Crippen LogP contribution in [-0.4, -0.2) is 134 Å².